The maximum absolute atomic E-state index is 3.58. The second-order valence-corrected chi connectivity index (χ2v) is 8.89. The summed E-state index contributed by atoms with van der Waals surface area (Å²) in [4.78, 5) is 0. The summed E-state index contributed by atoms with van der Waals surface area (Å²) in [5, 5.41) is 0. The highest BCUT2D eigenvalue weighted by atomic mass is 14.2. The fraction of sp³-hybridized carbons (Fsp3) is 0.188. The van der Waals surface area contributed by atoms with Gasteiger partial charge in [-0.3, -0.25) is 0 Å². The number of hydrogen-bond donors (Lipinski definition) is 0. The molecule has 0 saturated heterocycles. The molecule has 158 valence electrons. The van der Waals surface area contributed by atoms with E-state index in [1.165, 1.54) is 55.6 Å². The van der Waals surface area contributed by atoms with E-state index < -0.39 is 0 Å². The Morgan fingerprint density at radius 3 is 1.34 bits per heavy atom. The highest BCUT2D eigenvalue weighted by Crippen LogP contribution is 2.38. The lowest BCUT2D eigenvalue weighted by molar-refractivity contribution is 1.31. The average molecular weight is 415 g/mol. The summed E-state index contributed by atoms with van der Waals surface area (Å²) in [6, 6.07) is 26.0. The molecule has 0 aliphatic rings. The van der Waals surface area contributed by atoms with E-state index in [9.17, 15) is 0 Å². The monoisotopic (exact) mass is 414 g/mol. The van der Waals surface area contributed by atoms with Crippen LogP contribution in [0.4, 0.5) is 0 Å². The molecule has 0 nitrogen and oxygen atoms in total. The van der Waals surface area contributed by atoms with E-state index >= 15 is 0 Å². The van der Waals surface area contributed by atoms with Crippen LogP contribution in [0.1, 0.15) is 44.5 Å². The molecule has 0 amide bonds. The van der Waals surface area contributed by atoms with Crippen molar-refractivity contribution in [3.05, 3.63) is 117 Å². The van der Waals surface area contributed by atoms with Gasteiger partial charge < -0.3 is 0 Å². The molecule has 0 radical (unpaired) electrons. The first kappa shape index (κ1) is 21.7. The molecule has 0 saturated carbocycles. The van der Waals surface area contributed by atoms with E-state index in [1.54, 1.807) is 0 Å². The van der Waals surface area contributed by atoms with E-state index in [2.05, 4.69) is 108 Å². The minimum atomic E-state index is 1.03. The van der Waals surface area contributed by atoms with Crippen LogP contribution in [0.15, 0.2) is 72.8 Å². The first-order chi connectivity index (χ1) is 15.3. The first-order valence-electron chi connectivity index (χ1n) is 11.2. The maximum atomic E-state index is 3.58. The molecule has 32 heavy (non-hydrogen) atoms. The van der Waals surface area contributed by atoms with Gasteiger partial charge in [-0.1, -0.05) is 83.6 Å². The Morgan fingerprint density at radius 2 is 0.906 bits per heavy atom. The molecule has 0 aliphatic heterocycles. The fourth-order valence-corrected chi connectivity index (χ4v) is 4.97. The third-order valence-electron chi connectivity index (χ3n) is 6.06. The molecule has 0 atom stereocenters. The van der Waals surface area contributed by atoms with Crippen LogP contribution in [-0.4, -0.2) is 0 Å². The second-order valence-electron chi connectivity index (χ2n) is 8.89. The number of aryl methyl sites for hydroxylation is 6. The van der Waals surface area contributed by atoms with Gasteiger partial charge in [0.1, 0.15) is 0 Å². The lowest BCUT2D eigenvalue weighted by Gasteiger charge is -2.19. The van der Waals surface area contributed by atoms with Gasteiger partial charge in [0, 0.05) is 11.1 Å². The van der Waals surface area contributed by atoms with Crippen molar-refractivity contribution in [3.8, 4) is 34.1 Å². The van der Waals surface area contributed by atoms with Gasteiger partial charge in [-0.25, -0.2) is 0 Å². The molecule has 0 fully saturated rings. The minimum absolute atomic E-state index is 1.03. The van der Waals surface area contributed by atoms with E-state index in [1.807, 2.05) is 18.2 Å². The molecule has 0 heteroatoms. The van der Waals surface area contributed by atoms with Gasteiger partial charge in [0.2, 0.25) is 0 Å². The van der Waals surface area contributed by atoms with Crippen molar-refractivity contribution in [2.45, 2.75) is 41.5 Å². The minimum Gasteiger partial charge on any atom is -0.0622 e. The Hall–Kier alpha value is -3.56. The van der Waals surface area contributed by atoms with Gasteiger partial charge in [0.25, 0.3) is 0 Å². The summed E-state index contributed by atoms with van der Waals surface area (Å²) < 4.78 is 0. The third kappa shape index (κ3) is 4.25. The van der Waals surface area contributed by atoms with Gasteiger partial charge in [0.05, 0.1) is 0 Å². The van der Waals surface area contributed by atoms with Crippen molar-refractivity contribution in [3.63, 3.8) is 0 Å². The highest BCUT2D eigenvalue weighted by Gasteiger charge is 2.17. The molecule has 0 aliphatic carbocycles. The van der Waals surface area contributed by atoms with E-state index in [4.69, 9.17) is 0 Å². The lowest BCUT2D eigenvalue weighted by Crippen LogP contribution is -1.98. The highest BCUT2D eigenvalue weighted by molar-refractivity contribution is 5.87. The van der Waals surface area contributed by atoms with Gasteiger partial charge >= 0.3 is 0 Å². The summed E-state index contributed by atoms with van der Waals surface area (Å²) >= 11 is 0. The second kappa shape index (κ2) is 8.89. The van der Waals surface area contributed by atoms with Crippen LogP contribution in [-0.2, 0) is 0 Å². The summed E-state index contributed by atoms with van der Waals surface area (Å²) in [6.45, 7) is 13.2. The first-order valence-corrected chi connectivity index (χ1v) is 11.2. The molecule has 4 aromatic carbocycles. The molecule has 0 bridgehead atoms. The average Bonchev–Trinajstić information content (AvgIpc) is 2.72. The SMILES string of the molecule is Cc1cc(C)c(-c2cccc(-c3c(C)cc(C)cc3C)c2C#Cc2ccccc2)c(C)c1. The molecule has 0 aromatic heterocycles. The molecule has 4 aromatic rings. The van der Waals surface area contributed by atoms with Crippen molar-refractivity contribution in [2.24, 2.45) is 0 Å². The predicted octanol–water partition coefficient (Wildman–Crippen LogP) is 8.27. The lowest BCUT2D eigenvalue weighted by atomic mass is 9.85. The van der Waals surface area contributed by atoms with E-state index in [0.29, 0.717) is 0 Å². The quantitative estimate of drug-likeness (QED) is 0.290. The van der Waals surface area contributed by atoms with Crippen molar-refractivity contribution in [1.29, 1.82) is 0 Å². The van der Waals surface area contributed by atoms with Gasteiger partial charge in [-0.2, -0.15) is 0 Å². The molecule has 0 spiro atoms. The predicted molar refractivity (Wildman–Crippen MR) is 138 cm³/mol. The summed E-state index contributed by atoms with van der Waals surface area (Å²) in [7, 11) is 0. The van der Waals surface area contributed by atoms with Crippen molar-refractivity contribution < 1.29 is 0 Å². The van der Waals surface area contributed by atoms with Crippen LogP contribution in [0, 0.1) is 53.4 Å². The Labute approximate surface area is 193 Å². The van der Waals surface area contributed by atoms with Crippen LogP contribution in [0.3, 0.4) is 0 Å². The number of benzene rings is 4. The zero-order valence-electron chi connectivity index (χ0n) is 19.9. The van der Waals surface area contributed by atoms with Crippen LogP contribution >= 0.6 is 0 Å². The summed E-state index contributed by atoms with van der Waals surface area (Å²) in [6.07, 6.45) is 0. The van der Waals surface area contributed by atoms with Crippen molar-refractivity contribution >= 4 is 0 Å². The summed E-state index contributed by atoms with van der Waals surface area (Å²) in [5.74, 6) is 7.02. The third-order valence-corrected chi connectivity index (χ3v) is 6.06. The Kier molecular flexibility index (Phi) is 6.02. The molecule has 0 N–H and O–H groups in total. The topological polar surface area (TPSA) is 0 Å². The Balaban J connectivity index is 2.05. The molecular weight excluding hydrogens is 384 g/mol. The zero-order chi connectivity index (χ0) is 22.8. The Morgan fingerprint density at radius 1 is 0.469 bits per heavy atom. The smallest absolute Gasteiger partial charge is 0.0406 e. The van der Waals surface area contributed by atoms with E-state index in [-0.39, 0.29) is 0 Å². The number of hydrogen-bond acceptors (Lipinski definition) is 0. The van der Waals surface area contributed by atoms with Crippen LogP contribution in [0.25, 0.3) is 22.3 Å². The van der Waals surface area contributed by atoms with Crippen LogP contribution in [0.5, 0.6) is 0 Å². The summed E-state index contributed by atoms with van der Waals surface area (Å²) in [5.41, 5.74) is 14.9. The van der Waals surface area contributed by atoms with Gasteiger partial charge in [-0.15, -0.1) is 0 Å². The molecule has 0 unspecified atom stereocenters. The van der Waals surface area contributed by atoms with E-state index in [0.717, 1.165) is 11.1 Å². The molecular formula is C32H30. The standard InChI is InChI=1S/C32H30/c1-21-17-23(3)31(24(4)18-21)29-13-10-14-30(32-25(5)19-22(2)20-26(32)6)28(29)16-15-27-11-8-7-9-12-27/h7-14,17-20H,1-6H3. The molecule has 4 rings (SSSR count). The molecule has 0 heterocycles. The van der Waals surface area contributed by atoms with Gasteiger partial charge in [0.15, 0.2) is 0 Å². The normalized spacial score (nSPS) is 10.6. The number of rotatable bonds is 2. The zero-order valence-corrected chi connectivity index (χ0v) is 19.9. The van der Waals surface area contributed by atoms with Crippen molar-refractivity contribution in [2.75, 3.05) is 0 Å². The van der Waals surface area contributed by atoms with Crippen LogP contribution in [0.2, 0.25) is 0 Å². The fourth-order valence-electron chi connectivity index (χ4n) is 4.97. The maximum Gasteiger partial charge on any atom is 0.0406 e. The van der Waals surface area contributed by atoms with Crippen LogP contribution < -0.4 is 0 Å². The largest absolute Gasteiger partial charge is 0.0622 e. The van der Waals surface area contributed by atoms with Gasteiger partial charge in [-0.05, 0) is 98.2 Å². The Bertz CT molecular complexity index is 1240. The van der Waals surface area contributed by atoms with Crippen molar-refractivity contribution in [1.82, 2.24) is 0 Å².